The van der Waals surface area contributed by atoms with E-state index in [9.17, 15) is 4.79 Å². The van der Waals surface area contributed by atoms with Gasteiger partial charge in [0.15, 0.2) is 0 Å². The van der Waals surface area contributed by atoms with E-state index in [1.54, 1.807) is 0 Å². The average molecular weight is 295 g/mol. The van der Waals surface area contributed by atoms with Gasteiger partial charge in [-0.25, -0.2) is 0 Å². The first kappa shape index (κ1) is 14.4. The molecule has 2 N–H and O–H groups in total. The number of hydrogen-bond donors (Lipinski definition) is 1. The highest BCUT2D eigenvalue weighted by atomic mass is 16.2. The Bertz CT molecular complexity index is 658. The number of carbonyl (C=O) groups is 1. The van der Waals surface area contributed by atoms with Crippen LogP contribution in [0.4, 0.5) is 11.4 Å². The molecule has 1 aliphatic heterocycles. The smallest absolute Gasteiger partial charge is 0.253 e. The van der Waals surface area contributed by atoms with Crippen molar-refractivity contribution >= 4 is 17.3 Å². The Hall–Kier alpha value is -2.49. The summed E-state index contributed by atoms with van der Waals surface area (Å²) in [6.07, 6.45) is 0. The monoisotopic (exact) mass is 295 g/mol. The number of rotatable bonds is 2. The van der Waals surface area contributed by atoms with Gasteiger partial charge in [0.1, 0.15) is 0 Å². The first-order valence-corrected chi connectivity index (χ1v) is 7.60. The zero-order valence-corrected chi connectivity index (χ0v) is 12.8. The van der Waals surface area contributed by atoms with Gasteiger partial charge in [-0.15, -0.1) is 0 Å². The van der Waals surface area contributed by atoms with Gasteiger partial charge in [0.05, 0.1) is 0 Å². The second-order valence-corrected chi connectivity index (χ2v) is 5.74. The molecule has 0 atom stereocenters. The predicted molar refractivity (Wildman–Crippen MR) is 90.1 cm³/mol. The fraction of sp³-hybridized carbons (Fsp3) is 0.278. The second kappa shape index (κ2) is 6.10. The molecule has 1 fully saturated rings. The van der Waals surface area contributed by atoms with Crippen molar-refractivity contribution in [2.24, 2.45) is 0 Å². The maximum Gasteiger partial charge on any atom is 0.253 e. The maximum absolute atomic E-state index is 12.5. The summed E-state index contributed by atoms with van der Waals surface area (Å²) in [5.41, 5.74) is 9.67. The molecule has 1 aliphatic rings. The van der Waals surface area contributed by atoms with Gasteiger partial charge in [0.25, 0.3) is 5.91 Å². The summed E-state index contributed by atoms with van der Waals surface area (Å²) in [6, 6.07) is 15.7. The lowest BCUT2D eigenvalue weighted by Gasteiger charge is -2.36. The first-order chi connectivity index (χ1) is 10.6. The van der Waals surface area contributed by atoms with E-state index in [-0.39, 0.29) is 5.91 Å². The molecular formula is C18H21N3O. The van der Waals surface area contributed by atoms with Crippen LogP contribution in [0, 0.1) is 6.92 Å². The van der Waals surface area contributed by atoms with Gasteiger partial charge in [0.2, 0.25) is 0 Å². The summed E-state index contributed by atoms with van der Waals surface area (Å²) in [4.78, 5) is 16.7. The van der Waals surface area contributed by atoms with Crippen molar-refractivity contribution in [3.05, 3.63) is 59.7 Å². The van der Waals surface area contributed by atoms with E-state index in [4.69, 9.17) is 5.73 Å². The van der Waals surface area contributed by atoms with E-state index in [1.165, 1.54) is 5.56 Å². The van der Waals surface area contributed by atoms with Crippen LogP contribution in [0.2, 0.25) is 0 Å². The van der Waals surface area contributed by atoms with Crippen molar-refractivity contribution in [2.75, 3.05) is 36.8 Å². The van der Waals surface area contributed by atoms with Crippen molar-refractivity contribution in [1.82, 2.24) is 4.90 Å². The lowest BCUT2D eigenvalue weighted by molar-refractivity contribution is 0.0747. The van der Waals surface area contributed by atoms with E-state index in [1.807, 2.05) is 54.3 Å². The number of amides is 1. The molecule has 0 aliphatic carbocycles. The van der Waals surface area contributed by atoms with Gasteiger partial charge < -0.3 is 15.5 Å². The van der Waals surface area contributed by atoms with Crippen LogP contribution in [0.3, 0.4) is 0 Å². The van der Waals surface area contributed by atoms with Gasteiger partial charge in [-0.05, 0) is 37.3 Å². The third-order valence-corrected chi connectivity index (χ3v) is 4.10. The van der Waals surface area contributed by atoms with Gasteiger partial charge in [0, 0.05) is 43.1 Å². The molecular weight excluding hydrogens is 274 g/mol. The number of anilines is 2. The first-order valence-electron chi connectivity index (χ1n) is 7.60. The number of carbonyl (C=O) groups excluding carboxylic acids is 1. The number of aryl methyl sites for hydroxylation is 1. The molecule has 2 aromatic rings. The standard InChI is InChI=1S/C18H21N3O/c1-14-5-7-15(8-6-14)18(22)21-11-9-20(10-12-21)17-4-2-3-16(19)13-17/h2-8,13H,9-12,19H2,1H3. The molecule has 1 heterocycles. The predicted octanol–water partition coefficient (Wildman–Crippen LogP) is 2.54. The number of nitrogens with zero attached hydrogens (tertiary/aromatic N) is 2. The Kier molecular flexibility index (Phi) is 4.00. The summed E-state index contributed by atoms with van der Waals surface area (Å²) in [5.74, 6) is 0.118. The Morgan fingerprint density at radius 1 is 1.00 bits per heavy atom. The topological polar surface area (TPSA) is 49.6 Å². The van der Waals surface area contributed by atoms with Gasteiger partial charge in [-0.1, -0.05) is 23.8 Å². The van der Waals surface area contributed by atoms with Crippen LogP contribution >= 0.6 is 0 Å². The maximum atomic E-state index is 12.5. The zero-order valence-electron chi connectivity index (χ0n) is 12.8. The molecule has 0 saturated carbocycles. The highest BCUT2D eigenvalue weighted by molar-refractivity contribution is 5.94. The second-order valence-electron chi connectivity index (χ2n) is 5.74. The molecule has 2 aromatic carbocycles. The summed E-state index contributed by atoms with van der Waals surface area (Å²) >= 11 is 0. The minimum Gasteiger partial charge on any atom is -0.399 e. The lowest BCUT2D eigenvalue weighted by Crippen LogP contribution is -2.48. The van der Waals surface area contributed by atoms with E-state index in [0.717, 1.165) is 43.1 Å². The number of nitrogen functional groups attached to an aromatic ring is 1. The quantitative estimate of drug-likeness (QED) is 0.866. The molecule has 0 spiro atoms. The highest BCUT2D eigenvalue weighted by Crippen LogP contribution is 2.19. The Morgan fingerprint density at radius 3 is 2.32 bits per heavy atom. The number of nitrogens with two attached hydrogens (primary N) is 1. The SMILES string of the molecule is Cc1ccc(C(=O)N2CCN(c3cccc(N)c3)CC2)cc1. The van der Waals surface area contributed by atoms with Crippen molar-refractivity contribution in [3.63, 3.8) is 0 Å². The highest BCUT2D eigenvalue weighted by Gasteiger charge is 2.22. The largest absolute Gasteiger partial charge is 0.399 e. The normalized spacial score (nSPS) is 15.0. The molecule has 0 unspecified atom stereocenters. The molecule has 22 heavy (non-hydrogen) atoms. The summed E-state index contributed by atoms with van der Waals surface area (Å²) in [5, 5.41) is 0. The fourth-order valence-electron chi connectivity index (χ4n) is 2.77. The summed E-state index contributed by atoms with van der Waals surface area (Å²) < 4.78 is 0. The molecule has 0 bridgehead atoms. The summed E-state index contributed by atoms with van der Waals surface area (Å²) in [7, 11) is 0. The van der Waals surface area contributed by atoms with Crippen LogP contribution in [0.1, 0.15) is 15.9 Å². The van der Waals surface area contributed by atoms with Crippen LogP contribution in [-0.4, -0.2) is 37.0 Å². The average Bonchev–Trinajstić information content (AvgIpc) is 2.55. The molecule has 0 aromatic heterocycles. The van der Waals surface area contributed by atoms with Crippen LogP contribution < -0.4 is 10.6 Å². The summed E-state index contributed by atoms with van der Waals surface area (Å²) in [6.45, 7) is 5.17. The van der Waals surface area contributed by atoms with Crippen LogP contribution in [-0.2, 0) is 0 Å². The van der Waals surface area contributed by atoms with E-state index < -0.39 is 0 Å². The Morgan fingerprint density at radius 2 is 1.68 bits per heavy atom. The molecule has 1 amide bonds. The molecule has 4 nitrogen and oxygen atoms in total. The molecule has 114 valence electrons. The molecule has 0 radical (unpaired) electrons. The molecule has 3 rings (SSSR count). The minimum atomic E-state index is 0.118. The molecule has 4 heteroatoms. The molecule has 1 saturated heterocycles. The zero-order chi connectivity index (χ0) is 15.5. The minimum absolute atomic E-state index is 0.118. The van der Waals surface area contributed by atoms with Crippen LogP contribution in [0.15, 0.2) is 48.5 Å². The van der Waals surface area contributed by atoms with E-state index in [2.05, 4.69) is 11.0 Å². The third-order valence-electron chi connectivity index (χ3n) is 4.10. The fourth-order valence-corrected chi connectivity index (χ4v) is 2.77. The van der Waals surface area contributed by atoms with E-state index in [0.29, 0.717) is 0 Å². The van der Waals surface area contributed by atoms with Gasteiger partial charge in [-0.2, -0.15) is 0 Å². The van der Waals surface area contributed by atoms with Crippen molar-refractivity contribution in [3.8, 4) is 0 Å². The Labute approximate surface area is 131 Å². The van der Waals surface area contributed by atoms with Crippen molar-refractivity contribution in [1.29, 1.82) is 0 Å². The number of hydrogen-bond acceptors (Lipinski definition) is 3. The van der Waals surface area contributed by atoms with E-state index >= 15 is 0 Å². The van der Waals surface area contributed by atoms with Crippen LogP contribution in [0.25, 0.3) is 0 Å². The Balaban J connectivity index is 1.64. The van der Waals surface area contributed by atoms with Crippen molar-refractivity contribution in [2.45, 2.75) is 6.92 Å². The lowest BCUT2D eigenvalue weighted by atomic mass is 10.1. The van der Waals surface area contributed by atoms with Gasteiger partial charge >= 0.3 is 0 Å². The number of benzene rings is 2. The van der Waals surface area contributed by atoms with Crippen LogP contribution in [0.5, 0.6) is 0 Å². The number of piperazine rings is 1. The van der Waals surface area contributed by atoms with Crippen molar-refractivity contribution < 1.29 is 4.79 Å². The third kappa shape index (κ3) is 3.06. The van der Waals surface area contributed by atoms with Gasteiger partial charge in [-0.3, -0.25) is 4.79 Å².